The van der Waals surface area contributed by atoms with Crippen LogP contribution in [0.2, 0.25) is 0 Å². The summed E-state index contributed by atoms with van der Waals surface area (Å²) in [5, 5.41) is 0. The summed E-state index contributed by atoms with van der Waals surface area (Å²) in [7, 11) is -3.25. The third kappa shape index (κ3) is 5.61. The largest absolute Gasteiger partial charge is 0.494 e. The van der Waals surface area contributed by atoms with E-state index < -0.39 is 15.7 Å². The number of rotatable bonds is 7. The van der Waals surface area contributed by atoms with Gasteiger partial charge in [-0.25, -0.2) is 8.42 Å². The van der Waals surface area contributed by atoms with Crippen molar-refractivity contribution in [1.29, 1.82) is 0 Å². The van der Waals surface area contributed by atoms with E-state index >= 15 is 0 Å². The van der Waals surface area contributed by atoms with Crippen LogP contribution in [0.5, 0.6) is 17.2 Å². The number of carbonyl (C=O) groups is 2. The molecule has 0 spiro atoms. The Kier molecular flexibility index (Phi) is 6.23. The van der Waals surface area contributed by atoms with Gasteiger partial charge in [0.1, 0.15) is 5.75 Å². The predicted octanol–water partition coefficient (Wildman–Crippen LogP) is 1.44. The minimum Gasteiger partial charge on any atom is -0.494 e. The Bertz CT molecular complexity index is 1000. The monoisotopic (exact) mass is 420 g/mol. The van der Waals surface area contributed by atoms with Gasteiger partial charge in [0.15, 0.2) is 21.3 Å². The lowest BCUT2D eigenvalue weighted by atomic mass is 10.2. The van der Waals surface area contributed by atoms with Gasteiger partial charge in [-0.05, 0) is 48.9 Å². The molecule has 0 aromatic heterocycles. The number of amides is 2. The van der Waals surface area contributed by atoms with E-state index in [2.05, 4.69) is 10.9 Å². The second-order valence-corrected chi connectivity index (χ2v) is 8.28. The third-order valence-electron chi connectivity index (χ3n) is 4.02. The first-order chi connectivity index (χ1) is 13.8. The van der Waals surface area contributed by atoms with Crippen molar-refractivity contribution in [3.8, 4) is 17.2 Å². The molecule has 0 unspecified atom stereocenters. The van der Waals surface area contributed by atoms with Gasteiger partial charge in [-0.2, -0.15) is 0 Å². The summed E-state index contributed by atoms with van der Waals surface area (Å²) in [5.41, 5.74) is 5.00. The summed E-state index contributed by atoms with van der Waals surface area (Å²) < 4.78 is 38.7. The summed E-state index contributed by atoms with van der Waals surface area (Å²) in [6, 6.07) is 10.8. The highest BCUT2D eigenvalue weighted by molar-refractivity contribution is 7.90. The molecule has 0 radical (unpaired) electrons. The Morgan fingerprint density at radius 2 is 1.76 bits per heavy atom. The van der Waals surface area contributed by atoms with E-state index in [1.54, 1.807) is 24.3 Å². The molecule has 10 heteroatoms. The molecular formula is C19H20N2O7S. The molecule has 0 fully saturated rings. The molecule has 0 bridgehead atoms. The molecule has 3 rings (SSSR count). The highest BCUT2D eigenvalue weighted by atomic mass is 32.2. The van der Waals surface area contributed by atoms with Crippen molar-refractivity contribution in [3.63, 3.8) is 0 Å². The van der Waals surface area contributed by atoms with Gasteiger partial charge < -0.3 is 14.2 Å². The maximum Gasteiger partial charge on any atom is 0.269 e. The van der Waals surface area contributed by atoms with E-state index in [1.165, 1.54) is 18.2 Å². The minimum atomic E-state index is -3.25. The summed E-state index contributed by atoms with van der Waals surface area (Å²) in [6.45, 7) is 0.378. The van der Waals surface area contributed by atoms with E-state index in [-0.39, 0.29) is 30.6 Å². The molecule has 0 atom stereocenters. The van der Waals surface area contributed by atoms with E-state index in [0.29, 0.717) is 29.2 Å². The van der Waals surface area contributed by atoms with Crippen LogP contribution in [0.4, 0.5) is 0 Å². The molecule has 2 amide bonds. The molecule has 9 nitrogen and oxygen atoms in total. The number of benzene rings is 2. The number of sulfone groups is 1. The van der Waals surface area contributed by atoms with Gasteiger partial charge in [0.2, 0.25) is 12.7 Å². The fourth-order valence-corrected chi connectivity index (χ4v) is 3.14. The van der Waals surface area contributed by atoms with Gasteiger partial charge in [0.05, 0.1) is 11.5 Å². The first-order valence-corrected chi connectivity index (χ1v) is 10.6. The highest BCUT2D eigenvalue weighted by Crippen LogP contribution is 2.32. The van der Waals surface area contributed by atoms with Crippen molar-refractivity contribution >= 4 is 21.7 Å². The Balaban J connectivity index is 1.36. The number of carbonyl (C=O) groups excluding carboxylic acids is 2. The molecular weight excluding hydrogens is 400 g/mol. The average molecular weight is 420 g/mol. The zero-order valence-corrected chi connectivity index (χ0v) is 16.5. The van der Waals surface area contributed by atoms with Gasteiger partial charge in [0.25, 0.3) is 5.91 Å². The quantitative estimate of drug-likeness (QED) is 0.514. The second kappa shape index (κ2) is 8.82. The zero-order valence-electron chi connectivity index (χ0n) is 15.6. The lowest BCUT2D eigenvalue weighted by molar-refractivity contribution is -0.122. The van der Waals surface area contributed by atoms with Gasteiger partial charge in [-0.1, -0.05) is 0 Å². The average Bonchev–Trinajstić information content (AvgIpc) is 3.17. The summed E-state index contributed by atoms with van der Waals surface area (Å²) in [5.74, 6) is 0.713. The Hall–Kier alpha value is -3.27. The van der Waals surface area contributed by atoms with Gasteiger partial charge in [-0.15, -0.1) is 0 Å². The van der Waals surface area contributed by atoms with Gasteiger partial charge >= 0.3 is 0 Å². The molecule has 1 aliphatic rings. The molecule has 1 aliphatic heterocycles. The molecule has 2 aromatic carbocycles. The van der Waals surface area contributed by atoms with Crippen LogP contribution in [0.15, 0.2) is 47.4 Å². The number of ether oxygens (including phenoxy) is 3. The molecule has 1 heterocycles. The molecule has 2 N–H and O–H groups in total. The second-order valence-electron chi connectivity index (χ2n) is 6.27. The standard InChI is InChI=1S/C19H20N2O7S/c1-29(24,25)15-7-5-14(6-8-15)26-10-2-3-18(22)20-21-19(23)13-4-9-16-17(11-13)28-12-27-16/h4-9,11H,2-3,10,12H2,1H3,(H,20,22)(H,21,23). The number of nitrogens with one attached hydrogen (secondary N) is 2. The highest BCUT2D eigenvalue weighted by Gasteiger charge is 2.16. The predicted molar refractivity (Wildman–Crippen MR) is 102 cm³/mol. The fourth-order valence-electron chi connectivity index (χ4n) is 2.50. The molecule has 0 saturated carbocycles. The first kappa shape index (κ1) is 20.5. The maximum atomic E-state index is 12.1. The van der Waals surface area contributed by atoms with Gasteiger partial charge in [0, 0.05) is 18.2 Å². The normalized spacial score (nSPS) is 12.3. The minimum absolute atomic E-state index is 0.112. The van der Waals surface area contributed by atoms with Crippen LogP contribution in [0.1, 0.15) is 23.2 Å². The van der Waals surface area contributed by atoms with Crippen LogP contribution in [-0.2, 0) is 14.6 Å². The smallest absolute Gasteiger partial charge is 0.269 e. The molecule has 0 saturated heterocycles. The molecule has 154 valence electrons. The van der Waals surface area contributed by atoms with E-state index in [4.69, 9.17) is 14.2 Å². The van der Waals surface area contributed by atoms with Crippen molar-refractivity contribution in [2.75, 3.05) is 19.7 Å². The van der Waals surface area contributed by atoms with Crippen LogP contribution in [0.25, 0.3) is 0 Å². The summed E-state index contributed by atoms with van der Waals surface area (Å²) in [4.78, 5) is 24.1. The number of hydrazine groups is 1. The molecule has 29 heavy (non-hydrogen) atoms. The summed E-state index contributed by atoms with van der Waals surface area (Å²) in [6.07, 6.45) is 1.69. The van der Waals surface area contributed by atoms with Crippen LogP contribution >= 0.6 is 0 Å². The number of hydrogen-bond donors (Lipinski definition) is 2. The lowest BCUT2D eigenvalue weighted by Crippen LogP contribution is -2.41. The SMILES string of the molecule is CS(=O)(=O)c1ccc(OCCCC(=O)NNC(=O)c2ccc3c(c2)OCO3)cc1. The Morgan fingerprint density at radius 3 is 2.48 bits per heavy atom. The first-order valence-electron chi connectivity index (χ1n) is 8.75. The lowest BCUT2D eigenvalue weighted by Gasteiger charge is -2.09. The van der Waals surface area contributed by atoms with Crippen molar-refractivity contribution in [2.24, 2.45) is 0 Å². The van der Waals surface area contributed by atoms with Crippen LogP contribution in [0, 0.1) is 0 Å². The van der Waals surface area contributed by atoms with Gasteiger partial charge in [-0.3, -0.25) is 20.4 Å². The Labute approximate surface area is 167 Å². The topological polar surface area (TPSA) is 120 Å². The van der Waals surface area contributed by atoms with Crippen molar-refractivity contribution in [1.82, 2.24) is 10.9 Å². The van der Waals surface area contributed by atoms with E-state index in [1.807, 2.05) is 0 Å². The third-order valence-corrected chi connectivity index (χ3v) is 5.15. The van der Waals surface area contributed by atoms with E-state index in [9.17, 15) is 18.0 Å². The van der Waals surface area contributed by atoms with Crippen molar-refractivity contribution in [3.05, 3.63) is 48.0 Å². The molecule has 2 aromatic rings. The number of fused-ring (bicyclic) bond motifs is 1. The number of hydrogen-bond acceptors (Lipinski definition) is 7. The Morgan fingerprint density at radius 1 is 1.03 bits per heavy atom. The summed E-state index contributed by atoms with van der Waals surface area (Å²) >= 11 is 0. The zero-order chi connectivity index (χ0) is 20.9. The van der Waals surface area contributed by atoms with Crippen LogP contribution < -0.4 is 25.1 Å². The van der Waals surface area contributed by atoms with Crippen LogP contribution in [-0.4, -0.2) is 39.9 Å². The van der Waals surface area contributed by atoms with Crippen LogP contribution in [0.3, 0.4) is 0 Å². The van der Waals surface area contributed by atoms with Crippen molar-refractivity contribution in [2.45, 2.75) is 17.7 Å². The fraction of sp³-hybridized carbons (Fsp3) is 0.263. The maximum absolute atomic E-state index is 12.1. The van der Waals surface area contributed by atoms with Crippen molar-refractivity contribution < 1.29 is 32.2 Å². The molecule has 0 aliphatic carbocycles. The van der Waals surface area contributed by atoms with E-state index in [0.717, 1.165) is 6.26 Å².